The predicted octanol–water partition coefficient (Wildman–Crippen LogP) is 0.691. The largest absolute Gasteiger partial charge is 0.480 e. The minimum atomic E-state index is -4.06. The zero-order chi connectivity index (χ0) is 20.9. The Morgan fingerprint density at radius 2 is 1.82 bits per heavy atom. The number of fused-ring (bicyclic) bond motifs is 1. The second-order valence-electron chi connectivity index (χ2n) is 6.48. The lowest BCUT2D eigenvalue weighted by Gasteiger charge is -2.18. The summed E-state index contributed by atoms with van der Waals surface area (Å²) in [7, 11) is -0.329. The summed E-state index contributed by atoms with van der Waals surface area (Å²) < 4.78 is 28.1. The van der Waals surface area contributed by atoms with Crippen LogP contribution in [0.5, 0.6) is 0 Å². The van der Waals surface area contributed by atoms with Gasteiger partial charge in [-0.25, -0.2) is 8.42 Å². The number of guanidine groups is 1. The zero-order valence-corrected chi connectivity index (χ0v) is 16.6. The Hall–Kier alpha value is -2.85. The lowest BCUT2D eigenvalue weighted by atomic mass is 10.1. The van der Waals surface area contributed by atoms with Crippen molar-refractivity contribution < 1.29 is 18.3 Å². The number of hydrogen-bond donors (Lipinski definition) is 4. The second-order valence-corrected chi connectivity index (χ2v) is 8.17. The third-order valence-electron chi connectivity index (χ3n) is 4.17. The molecule has 2 aromatic carbocycles. The van der Waals surface area contributed by atoms with Crippen LogP contribution in [0, 0.1) is 0 Å². The number of rotatable bonds is 9. The van der Waals surface area contributed by atoms with Gasteiger partial charge in [-0.05, 0) is 25.0 Å². The first-order valence-corrected chi connectivity index (χ1v) is 10.1. The van der Waals surface area contributed by atoms with E-state index in [0.717, 1.165) is 11.1 Å². The second kappa shape index (κ2) is 8.89. The van der Waals surface area contributed by atoms with Crippen molar-refractivity contribution in [2.75, 3.05) is 25.5 Å². The van der Waals surface area contributed by atoms with E-state index in [9.17, 15) is 18.3 Å². The Balaban J connectivity index is 2.34. The molecule has 2 aromatic rings. The normalized spacial score (nSPS) is 12.5. The number of carboxylic acid groups (broad SMARTS) is 1. The molecule has 10 heteroatoms. The molecule has 1 atom stereocenters. The van der Waals surface area contributed by atoms with Crippen molar-refractivity contribution >= 4 is 38.4 Å². The maximum atomic E-state index is 12.9. The lowest BCUT2D eigenvalue weighted by molar-refractivity contribution is -0.139. The quantitative estimate of drug-likeness (QED) is 0.271. The summed E-state index contributed by atoms with van der Waals surface area (Å²) in [6.07, 6.45) is 0.372. The van der Waals surface area contributed by atoms with Crippen LogP contribution in [0.3, 0.4) is 0 Å². The van der Waals surface area contributed by atoms with Gasteiger partial charge in [0.15, 0.2) is 5.96 Å². The van der Waals surface area contributed by atoms with Crippen LogP contribution in [0.25, 0.3) is 10.8 Å². The molecule has 0 unspecified atom stereocenters. The van der Waals surface area contributed by atoms with Crippen LogP contribution in [-0.2, 0) is 14.8 Å². The van der Waals surface area contributed by atoms with Gasteiger partial charge in [-0.2, -0.15) is 4.72 Å². The smallest absolute Gasteiger partial charge is 0.321 e. The summed E-state index contributed by atoms with van der Waals surface area (Å²) >= 11 is 0. The summed E-state index contributed by atoms with van der Waals surface area (Å²) in [5, 5.41) is 10.7. The summed E-state index contributed by atoms with van der Waals surface area (Å²) in [5.41, 5.74) is 11.3. The standard InChI is InChI=1S/C18H25N5O4S/c1-23(2)15-9-3-7-13-12(15)6-4-10-16(13)28(26,27)22-14(17(24)25)8-5-11-21-18(19)20/h3-4,6-7,9-10,14,22H,5,8,11H2,1-2H3,(H,24,25)(H4,19,20,21)/t14-/m1/s1. The number of benzene rings is 2. The summed E-state index contributed by atoms with van der Waals surface area (Å²) in [5.74, 6) is -1.36. The lowest BCUT2D eigenvalue weighted by Crippen LogP contribution is -2.40. The van der Waals surface area contributed by atoms with Gasteiger partial charge in [0, 0.05) is 37.1 Å². The molecule has 0 aliphatic carbocycles. The summed E-state index contributed by atoms with van der Waals surface area (Å²) in [6.45, 7) is 0.217. The van der Waals surface area contributed by atoms with Gasteiger partial charge in [-0.15, -0.1) is 0 Å². The number of sulfonamides is 1. The van der Waals surface area contributed by atoms with Crippen LogP contribution in [0.2, 0.25) is 0 Å². The molecule has 152 valence electrons. The van der Waals surface area contributed by atoms with E-state index in [1.54, 1.807) is 18.2 Å². The van der Waals surface area contributed by atoms with E-state index in [0.29, 0.717) is 11.8 Å². The number of carboxylic acids is 1. The van der Waals surface area contributed by atoms with Gasteiger partial charge in [0.05, 0.1) is 4.90 Å². The number of nitrogens with one attached hydrogen (secondary N) is 1. The van der Waals surface area contributed by atoms with E-state index in [1.165, 1.54) is 6.07 Å². The van der Waals surface area contributed by atoms with Crippen molar-refractivity contribution in [3.63, 3.8) is 0 Å². The van der Waals surface area contributed by atoms with Crippen LogP contribution in [0.1, 0.15) is 12.8 Å². The molecular formula is C18H25N5O4S. The molecule has 0 radical (unpaired) electrons. The number of carbonyl (C=O) groups is 1. The number of aliphatic imine (C=N–C) groups is 1. The van der Waals surface area contributed by atoms with Gasteiger partial charge in [-0.3, -0.25) is 9.79 Å². The Morgan fingerprint density at radius 3 is 2.43 bits per heavy atom. The molecule has 0 saturated carbocycles. The molecule has 2 rings (SSSR count). The average Bonchev–Trinajstić information content (AvgIpc) is 2.62. The molecule has 0 heterocycles. The van der Waals surface area contributed by atoms with Gasteiger partial charge < -0.3 is 21.5 Å². The molecule has 0 spiro atoms. The van der Waals surface area contributed by atoms with Crippen molar-refractivity contribution in [3.8, 4) is 0 Å². The molecule has 28 heavy (non-hydrogen) atoms. The molecule has 6 N–H and O–H groups in total. The van der Waals surface area contributed by atoms with E-state index in [4.69, 9.17) is 11.5 Å². The maximum absolute atomic E-state index is 12.9. The number of hydrogen-bond acceptors (Lipinski definition) is 5. The van der Waals surface area contributed by atoms with Gasteiger partial charge in [-0.1, -0.05) is 24.3 Å². The van der Waals surface area contributed by atoms with Gasteiger partial charge in [0.2, 0.25) is 10.0 Å². The van der Waals surface area contributed by atoms with Gasteiger partial charge >= 0.3 is 5.97 Å². The summed E-state index contributed by atoms with van der Waals surface area (Å²) in [4.78, 5) is 17.2. The van der Waals surface area contributed by atoms with Gasteiger partial charge in [0.1, 0.15) is 6.04 Å². The highest BCUT2D eigenvalue weighted by molar-refractivity contribution is 7.89. The molecule has 0 aliphatic heterocycles. The molecule has 9 nitrogen and oxygen atoms in total. The minimum absolute atomic E-state index is 0.0316. The Bertz CT molecular complexity index is 985. The van der Waals surface area contributed by atoms with Crippen molar-refractivity contribution in [2.45, 2.75) is 23.8 Å². The van der Waals surface area contributed by atoms with Crippen LogP contribution in [0.4, 0.5) is 5.69 Å². The van der Waals surface area contributed by atoms with Crippen molar-refractivity contribution in [1.82, 2.24) is 4.72 Å². The fraction of sp³-hybridized carbons (Fsp3) is 0.333. The first kappa shape index (κ1) is 21.5. The third kappa shape index (κ3) is 5.11. The van der Waals surface area contributed by atoms with Gasteiger partial charge in [0.25, 0.3) is 0 Å². The highest BCUT2D eigenvalue weighted by atomic mass is 32.2. The van der Waals surface area contributed by atoms with E-state index in [-0.39, 0.29) is 23.8 Å². The van der Waals surface area contributed by atoms with Crippen LogP contribution in [0.15, 0.2) is 46.3 Å². The predicted molar refractivity (Wildman–Crippen MR) is 110 cm³/mol. The van der Waals surface area contributed by atoms with E-state index < -0.39 is 22.0 Å². The Morgan fingerprint density at radius 1 is 1.18 bits per heavy atom. The molecule has 0 fully saturated rings. The van der Waals surface area contributed by atoms with E-state index >= 15 is 0 Å². The number of nitrogens with two attached hydrogens (primary N) is 2. The molecule has 0 aliphatic rings. The zero-order valence-electron chi connectivity index (χ0n) is 15.8. The minimum Gasteiger partial charge on any atom is -0.480 e. The fourth-order valence-electron chi connectivity index (χ4n) is 2.88. The molecule has 0 bridgehead atoms. The third-order valence-corrected chi connectivity index (χ3v) is 5.70. The highest BCUT2D eigenvalue weighted by Gasteiger charge is 2.26. The van der Waals surface area contributed by atoms with Crippen molar-refractivity contribution in [2.24, 2.45) is 16.5 Å². The molecule has 0 saturated heterocycles. The number of aliphatic carboxylic acids is 1. The maximum Gasteiger partial charge on any atom is 0.321 e. The monoisotopic (exact) mass is 407 g/mol. The Labute approximate surface area is 164 Å². The molecular weight excluding hydrogens is 382 g/mol. The highest BCUT2D eigenvalue weighted by Crippen LogP contribution is 2.30. The van der Waals surface area contributed by atoms with Crippen LogP contribution in [-0.4, -0.2) is 52.1 Å². The van der Waals surface area contributed by atoms with Crippen molar-refractivity contribution in [1.29, 1.82) is 0 Å². The first-order chi connectivity index (χ1) is 13.1. The molecule has 0 aromatic heterocycles. The fourth-order valence-corrected chi connectivity index (χ4v) is 4.32. The number of nitrogens with zero attached hydrogens (tertiary/aromatic N) is 2. The topological polar surface area (TPSA) is 151 Å². The Kier molecular flexibility index (Phi) is 6.81. The summed E-state index contributed by atoms with van der Waals surface area (Å²) in [6, 6.07) is 8.99. The molecule has 0 amide bonds. The van der Waals surface area contributed by atoms with Crippen molar-refractivity contribution in [3.05, 3.63) is 36.4 Å². The van der Waals surface area contributed by atoms with Crippen LogP contribution >= 0.6 is 0 Å². The average molecular weight is 407 g/mol. The van der Waals surface area contributed by atoms with E-state index in [2.05, 4.69) is 9.71 Å². The van der Waals surface area contributed by atoms with E-state index in [1.807, 2.05) is 31.1 Å². The number of anilines is 1. The first-order valence-electron chi connectivity index (χ1n) is 8.63. The SMILES string of the molecule is CN(C)c1cccc2c(S(=O)(=O)N[C@H](CCCN=C(N)N)C(=O)O)cccc12. The van der Waals surface area contributed by atoms with Crippen LogP contribution < -0.4 is 21.1 Å².